The quantitative estimate of drug-likeness (QED) is 0.892. The molecule has 0 spiro atoms. The largest absolute Gasteiger partial charge is 0.393 e. The van der Waals surface area contributed by atoms with Crippen LogP contribution in [0.1, 0.15) is 38.5 Å². The van der Waals surface area contributed by atoms with Crippen molar-refractivity contribution < 1.29 is 5.11 Å². The van der Waals surface area contributed by atoms with Crippen molar-refractivity contribution in [3.8, 4) is 0 Å². The lowest BCUT2D eigenvalue weighted by molar-refractivity contribution is 0.0992. The molecule has 0 bridgehead atoms. The highest BCUT2D eigenvalue weighted by Gasteiger charge is 2.23. The van der Waals surface area contributed by atoms with Gasteiger partial charge in [0, 0.05) is 37.2 Å². The third-order valence-corrected chi connectivity index (χ3v) is 4.97. The van der Waals surface area contributed by atoms with Gasteiger partial charge in [-0.05, 0) is 56.7 Å². The number of nitrogens with zero attached hydrogens (tertiary/aromatic N) is 2. The summed E-state index contributed by atoms with van der Waals surface area (Å²) in [5.74, 6) is 0.673. The van der Waals surface area contributed by atoms with Gasteiger partial charge in [0.25, 0.3) is 0 Å². The third kappa shape index (κ3) is 4.17. The number of hydrogen-bond donors (Lipinski definition) is 2. The molecule has 2 fully saturated rings. The summed E-state index contributed by atoms with van der Waals surface area (Å²) in [6.45, 7) is 3.32. The minimum absolute atomic E-state index is 0.0564. The van der Waals surface area contributed by atoms with E-state index in [1.165, 1.54) is 31.4 Å². The number of pyridine rings is 1. The second kappa shape index (κ2) is 7.23. The van der Waals surface area contributed by atoms with E-state index >= 15 is 0 Å². The summed E-state index contributed by atoms with van der Waals surface area (Å²) in [6.07, 6.45) is 10.5. The van der Waals surface area contributed by atoms with E-state index < -0.39 is 0 Å². The fourth-order valence-electron chi connectivity index (χ4n) is 3.68. The summed E-state index contributed by atoms with van der Waals surface area (Å²) >= 11 is 0. The maximum atomic E-state index is 9.74. The third-order valence-electron chi connectivity index (χ3n) is 4.97. The lowest BCUT2D eigenvalue weighted by Crippen LogP contribution is -2.44. The first-order valence-electron chi connectivity index (χ1n) is 8.37. The first-order valence-corrected chi connectivity index (χ1v) is 8.37. The van der Waals surface area contributed by atoms with Crippen LogP contribution in [-0.4, -0.2) is 41.9 Å². The number of aliphatic hydroxyl groups is 1. The molecule has 1 saturated heterocycles. The van der Waals surface area contributed by atoms with Crippen LogP contribution < -0.4 is 10.2 Å². The molecule has 1 aromatic rings. The molecule has 21 heavy (non-hydrogen) atoms. The zero-order valence-corrected chi connectivity index (χ0v) is 12.7. The van der Waals surface area contributed by atoms with Crippen LogP contribution in [0.2, 0.25) is 0 Å². The fraction of sp³-hybridized carbons (Fsp3) is 0.706. The van der Waals surface area contributed by atoms with Gasteiger partial charge in [0.05, 0.1) is 6.10 Å². The number of aromatic nitrogens is 1. The van der Waals surface area contributed by atoms with Crippen LogP contribution >= 0.6 is 0 Å². The normalized spacial score (nSPS) is 27.8. The summed E-state index contributed by atoms with van der Waals surface area (Å²) in [7, 11) is 0. The first kappa shape index (κ1) is 14.8. The molecule has 0 aromatic carbocycles. The van der Waals surface area contributed by atoms with Gasteiger partial charge in [0.15, 0.2) is 0 Å². The van der Waals surface area contributed by atoms with Gasteiger partial charge in [0.2, 0.25) is 0 Å². The SMILES string of the molecule is OC1CCCC(CNC2CCN(c3ccncc3)CC2)C1. The second-order valence-electron chi connectivity index (χ2n) is 6.56. The van der Waals surface area contributed by atoms with Crippen molar-refractivity contribution in [1.29, 1.82) is 0 Å². The zero-order chi connectivity index (χ0) is 14.5. The van der Waals surface area contributed by atoms with Crippen molar-refractivity contribution in [3.05, 3.63) is 24.5 Å². The maximum absolute atomic E-state index is 9.74. The molecule has 3 rings (SSSR count). The summed E-state index contributed by atoms with van der Waals surface area (Å²) in [5, 5.41) is 13.5. The maximum Gasteiger partial charge on any atom is 0.0543 e. The molecule has 0 amide bonds. The highest BCUT2D eigenvalue weighted by molar-refractivity contribution is 5.44. The summed E-state index contributed by atoms with van der Waals surface area (Å²) in [4.78, 5) is 6.53. The van der Waals surface area contributed by atoms with Crippen molar-refractivity contribution in [2.75, 3.05) is 24.5 Å². The standard InChI is InChI=1S/C17H27N3O/c21-17-3-1-2-14(12-17)13-19-15-6-10-20(11-7-15)16-4-8-18-9-5-16/h4-5,8-9,14-15,17,19,21H,1-3,6-7,10-13H2. The van der Waals surface area contributed by atoms with Crippen molar-refractivity contribution in [2.45, 2.75) is 50.7 Å². The molecule has 0 radical (unpaired) electrons. The minimum atomic E-state index is -0.0564. The van der Waals surface area contributed by atoms with Crippen LogP contribution in [0.4, 0.5) is 5.69 Å². The van der Waals surface area contributed by atoms with Gasteiger partial charge in [-0.3, -0.25) is 4.98 Å². The second-order valence-corrected chi connectivity index (χ2v) is 6.56. The van der Waals surface area contributed by atoms with E-state index in [2.05, 4.69) is 27.3 Å². The van der Waals surface area contributed by atoms with Crippen molar-refractivity contribution in [3.63, 3.8) is 0 Å². The molecule has 1 aliphatic carbocycles. The lowest BCUT2D eigenvalue weighted by atomic mass is 9.87. The molecule has 2 unspecified atom stereocenters. The number of aliphatic hydroxyl groups excluding tert-OH is 1. The fourth-order valence-corrected chi connectivity index (χ4v) is 3.68. The Balaban J connectivity index is 1.40. The molecule has 4 nitrogen and oxygen atoms in total. The predicted octanol–water partition coefficient (Wildman–Crippen LogP) is 2.19. The highest BCUT2D eigenvalue weighted by atomic mass is 16.3. The summed E-state index contributed by atoms with van der Waals surface area (Å²) in [6, 6.07) is 4.83. The van der Waals surface area contributed by atoms with Gasteiger partial charge < -0.3 is 15.3 Å². The topological polar surface area (TPSA) is 48.4 Å². The van der Waals surface area contributed by atoms with E-state index in [4.69, 9.17) is 0 Å². The van der Waals surface area contributed by atoms with Gasteiger partial charge >= 0.3 is 0 Å². The van der Waals surface area contributed by atoms with Gasteiger partial charge in [-0.25, -0.2) is 0 Å². The molecule has 2 heterocycles. The van der Waals surface area contributed by atoms with E-state index in [-0.39, 0.29) is 6.10 Å². The Kier molecular flexibility index (Phi) is 5.09. The van der Waals surface area contributed by atoms with Crippen LogP contribution in [0.3, 0.4) is 0 Å². The van der Waals surface area contributed by atoms with Crippen LogP contribution in [0.15, 0.2) is 24.5 Å². The van der Waals surface area contributed by atoms with Crippen LogP contribution in [-0.2, 0) is 0 Å². The predicted molar refractivity (Wildman–Crippen MR) is 85.4 cm³/mol. The summed E-state index contributed by atoms with van der Waals surface area (Å²) in [5.41, 5.74) is 1.29. The van der Waals surface area contributed by atoms with E-state index in [0.29, 0.717) is 12.0 Å². The number of nitrogens with one attached hydrogen (secondary N) is 1. The Morgan fingerprint density at radius 3 is 2.62 bits per heavy atom. The van der Waals surface area contributed by atoms with E-state index in [0.717, 1.165) is 32.5 Å². The molecule has 2 N–H and O–H groups in total. The molecule has 2 atom stereocenters. The molecule has 1 saturated carbocycles. The van der Waals surface area contributed by atoms with Gasteiger partial charge in [-0.15, -0.1) is 0 Å². The monoisotopic (exact) mass is 289 g/mol. The van der Waals surface area contributed by atoms with Crippen LogP contribution in [0, 0.1) is 5.92 Å². The molecular formula is C17H27N3O. The van der Waals surface area contributed by atoms with Crippen LogP contribution in [0.5, 0.6) is 0 Å². The molecule has 1 aliphatic heterocycles. The number of rotatable bonds is 4. The number of hydrogen-bond acceptors (Lipinski definition) is 4. The van der Waals surface area contributed by atoms with Gasteiger partial charge in [-0.2, -0.15) is 0 Å². The average Bonchev–Trinajstić information content (AvgIpc) is 2.54. The van der Waals surface area contributed by atoms with E-state index in [1.54, 1.807) is 0 Å². The van der Waals surface area contributed by atoms with Crippen molar-refractivity contribution in [1.82, 2.24) is 10.3 Å². The molecule has 4 heteroatoms. The molecule has 2 aliphatic rings. The van der Waals surface area contributed by atoms with Gasteiger partial charge in [0.1, 0.15) is 0 Å². The zero-order valence-electron chi connectivity index (χ0n) is 12.7. The Morgan fingerprint density at radius 2 is 1.90 bits per heavy atom. The van der Waals surface area contributed by atoms with E-state index in [9.17, 15) is 5.11 Å². The molecule has 1 aromatic heterocycles. The van der Waals surface area contributed by atoms with Crippen LogP contribution in [0.25, 0.3) is 0 Å². The molecular weight excluding hydrogens is 262 g/mol. The highest BCUT2D eigenvalue weighted by Crippen LogP contribution is 2.24. The van der Waals surface area contributed by atoms with Crippen molar-refractivity contribution in [2.24, 2.45) is 5.92 Å². The first-order chi connectivity index (χ1) is 10.3. The lowest BCUT2D eigenvalue weighted by Gasteiger charge is -2.35. The Labute approximate surface area is 127 Å². The van der Waals surface area contributed by atoms with Gasteiger partial charge in [-0.1, -0.05) is 6.42 Å². The molecule has 116 valence electrons. The number of piperidine rings is 1. The minimum Gasteiger partial charge on any atom is -0.393 e. The number of anilines is 1. The Bertz CT molecular complexity index is 417. The van der Waals surface area contributed by atoms with E-state index in [1.807, 2.05) is 12.4 Å². The van der Waals surface area contributed by atoms with Crippen molar-refractivity contribution >= 4 is 5.69 Å². The Morgan fingerprint density at radius 1 is 1.14 bits per heavy atom. The smallest absolute Gasteiger partial charge is 0.0543 e. The Hall–Kier alpha value is -1.13. The summed E-state index contributed by atoms with van der Waals surface area (Å²) < 4.78 is 0. The average molecular weight is 289 g/mol.